The van der Waals surface area contributed by atoms with Crippen molar-refractivity contribution in [1.82, 2.24) is 20.0 Å². The lowest BCUT2D eigenvalue weighted by molar-refractivity contribution is -0.384. The van der Waals surface area contributed by atoms with Gasteiger partial charge in [-0.15, -0.1) is 24.0 Å². The Morgan fingerprint density at radius 2 is 1.81 bits per heavy atom. The van der Waals surface area contributed by atoms with E-state index in [1.807, 2.05) is 4.90 Å². The number of aliphatic imine (C=N–C) groups is 1. The second-order valence-corrected chi connectivity index (χ2v) is 7.86. The fourth-order valence-electron chi connectivity index (χ4n) is 4.14. The molecule has 1 atom stereocenters. The summed E-state index contributed by atoms with van der Waals surface area (Å²) in [6.45, 7) is 10.2. The largest absolute Gasteiger partial charge is 0.355 e. The molecule has 2 saturated heterocycles. The number of nitro groups is 1. The number of hydrogen-bond donors (Lipinski definition) is 1. The molecule has 0 saturated carbocycles. The average molecular weight is 544 g/mol. The van der Waals surface area contributed by atoms with Gasteiger partial charge in [0.15, 0.2) is 5.96 Å². The van der Waals surface area contributed by atoms with Gasteiger partial charge in [0, 0.05) is 57.8 Å². The van der Waals surface area contributed by atoms with Crippen molar-refractivity contribution in [3.05, 3.63) is 39.9 Å². The first-order valence-corrected chi connectivity index (χ1v) is 10.7. The topological polar surface area (TPSA) is 94.3 Å². The van der Waals surface area contributed by atoms with Gasteiger partial charge < -0.3 is 15.1 Å². The Morgan fingerprint density at radius 1 is 1.16 bits per heavy atom. The van der Waals surface area contributed by atoms with Gasteiger partial charge in [0.05, 0.1) is 11.5 Å². The number of nitrogens with one attached hydrogen (secondary N) is 1. The van der Waals surface area contributed by atoms with Crippen LogP contribution in [0.5, 0.6) is 0 Å². The lowest BCUT2D eigenvalue weighted by Gasteiger charge is -2.36. The number of piperazine rings is 1. The standard InChI is InChI=1S/C21H32N6O3.HI/c1-3-24-10-4-5-20(24)16-23-21(26-13-11-25(12-14-26)17(2)28)22-15-18-6-8-19(9-7-18)27(29)30;/h6-9,20H,3-5,10-16H2,1-2H3,(H,22,23);1H. The molecule has 0 bridgehead atoms. The van der Waals surface area contributed by atoms with Crippen molar-refractivity contribution in [3.63, 3.8) is 0 Å². The molecule has 2 aliphatic rings. The normalized spacial score (nSPS) is 19.8. The number of non-ortho nitro benzene ring substituents is 1. The maximum Gasteiger partial charge on any atom is 0.269 e. The van der Waals surface area contributed by atoms with E-state index in [2.05, 4.69) is 22.0 Å². The molecule has 1 amide bonds. The summed E-state index contributed by atoms with van der Waals surface area (Å²) in [7, 11) is 0. The smallest absolute Gasteiger partial charge is 0.269 e. The molecule has 3 rings (SSSR count). The quantitative estimate of drug-likeness (QED) is 0.194. The zero-order chi connectivity index (χ0) is 21.5. The molecule has 2 fully saturated rings. The number of halogens is 1. The van der Waals surface area contributed by atoms with Gasteiger partial charge in [-0.1, -0.05) is 19.1 Å². The second kappa shape index (κ2) is 12.2. The Hall–Kier alpha value is -1.95. The van der Waals surface area contributed by atoms with Crippen molar-refractivity contribution in [3.8, 4) is 0 Å². The number of rotatable bonds is 6. The Labute approximate surface area is 201 Å². The summed E-state index contributed by atoms with van der Waals surface area (Å²) in [4.78, 5) is 33.5. The molecule has 2 aliphatic heterocycles. The zero-order valence-corrected chi connectivity index (χ0v) is 20.7. The van der Waals surface area contributed by atoms with Gasteiger partial charge in [-0.05, 0) is 31.5 Å². The third kappa shape index (κ3) is 7.03. The maximum absolute atomic E-state index is 11.6. The van der Waals surface area contributed by atoms with E-state index in [4.69, 9.17) is 4.99 Å². The first-order chi connectivity index (χ1) is 14.5. The summed E-state index contributed by atoms with van der Waals surface area (Å²) in [6.07, 6.45) is 2.42. The van der Waals surface area contributed by atoms with Crippen molar-refractivity contribution in [2.75, 3.05) is 45.8 Å². The van der Waals surface area contributed by atoms with Crippen molar-refractivity contribution >= 4 is 41.5 Å². The third-order valence-electron chi connectivity index (χ3n) is 5.98. The molecule has 0 radical (unpaired) electrons. The zero-order valence-electron chi connectivity index (χ0n) is 18.3. The monoisotopic (exact) mass is 544 g/mol. The molecule has 1 unspecified atom stereocenters. The van der Waals surface area contributed by atoms with Crippen molar-refractivity contribution < 1.29 is 9.72 Å². The van der Waals surface area contributed by atoms with E-state index in [0.717, 1.165) is 44.2 Å². The fraction of sp³-hybridized carbons (Fsp3) is 0.619. The summed E-state index contributed by atoms with van der Waals surface area (Å²) >= 11 is 0. The van der Waals surface area contributed by atoms with Crippen molar-refractivity contribution in [2.45, 2.75) is 39.3 Å². The Balaban J connectivity index is 0.00000341. The number of carbonyl (C=O) groups is 1. The third-order valence-corrected chi connectivity index (χ3v) is 5.98. The first-order valence-electron chi connectivity index (χ1n) is 10.7. The van der Waals surface area contributed by atoms with Gasteiger partial charge in [-0.3, -0.25) is 19.8 Å². The van der Waals surface area contributed by atoms with Gasteiger partial charge in [0.2, 0.25) is 5.91 Å². The SMILES string of the molecule is CCN1CCCC1CNC(=NCc1ccc([N+](=O)[O-])cc1)N1CCN(C(C)=O)CC1.I. The number of guanidine groups is 1. The highest BCUT2D eigenvalue weighted by atomic mass is 127. The molecule has 1 N–H and O–H groups in total. The molecule has 31 heavy (non-hydrogen) atoms. The van der Waals surface area contributed by atoms with Crippen LogP contribution < -0.4 is 5.32 Å². The molecular formula is C21H33IN6O3. The number of hydrogen-bond acceptors (Lipinski definition) is 5. The van der Waals surface area contributed by atoms with E-state index in [9.17, 15) is 14.9 Å². The number of carbonyl (C=O) groups excluding carboxylic acids is 1. The Morgan fingerprint density at radius 3 is 2.39 bits per heavy atom. The van der Waals surface area contributed by atoms with E-state index < -0.39 is 4.92 Å². The molecule has 9 nitrogen and oxygen atoms in total. The number of nitro benzene ring substituents is 1. The highest BCUT2D eigenvalue weighted by Gasteiger charge is 2.25. The summed E-state index contributed by atoms with van der Waals surface area (Å²) in [5.74, 6) is 0.955. The minimum atomic E-state index is -0.393. The lowest BCUT2D eigenvalue weighted by atomic mass is 10.2. The molecule has 10 heteroatoms. The Kier molecular flexibility index (Phi) is 9.94. The summed E-state index contributed by atoms with van der Waals surface area (Å²) in [6, 6.07) is 7.05. The maximum atomic E-state index is 11.6. The molecular weight excluding hydrogens is 511 g/mol. The van der Waals surface area contributed by atoms with Crippen LogP contribution in [0, 0.1) is 10.1 Å². The van der Waals surface area contributed by atoms with E-state index >= 15 is 0 Å². The van der Waals surface area contributed by atoms with Crippen LogP contribution in [0.4, 0.5) is 5.69 Å². The van der Waals surface area contributed by atoms with Crippen LogP contribution >= 0.6 is 24.0 Å². The summed E-state index contributed by atoms with van der Waals surface area (Å²) < 4.78 is 0. The number of benzene rings is 1. The van der Waals surface area contributed by atoms with Crippen LogP contribution in [-0.4, -0.2) is 83.3 Å². The number of likely N-dealkylation sites (tertiary alicyclic amines) is 1. The molecule has 1 aromatic rings. The van der Waals surface area contributed by atoms with Crippen molar-refractivity contribution in [1.29, 1.82) is 0 Å². The predicted octanol–water partition coefficient (Wildman–Crippen LogP) is 2.31. The number of amides is 1. The number of nitrogens with zero attached hydrogens (tertiary/aromatic N) is 5. The van der Waals surface area contributed by atoms with Crippen LogP contribution in [0.3, 0.4) is 0 Å². The van der Waals surface area contributed by atoms with E-state index in [1.165, 1.54) is 25.0 Å². The summed E-state index contributed by atoms with van der Waals surface area (Å²) in [5.41, 5.74) is 1.01. The molecule has 0 spiro atoms. The van der Waals surface area contributed by atoms with E-state index in [0.29, 0.717) is 25.7 Å². The second-order valence-electron chi connectivity index (χ2n) is 7.86. The summed E-state index contributed by atoms with van der Waals surface area (Å²) in [5, 5.41) is 14.4. The van der Waals surface area contributed by atoms with Crippen LogP contribution in [0.2, 0.25) is 0 Å². The van der Waals surface area contributed by atoms with Gasteiger partial charge in [-0.25, -0.2) is 4.99 Å². The van der Waals surface area contributed by atoms with E-state index in [1.54, 1.807) is 19.1 Å². The van der Waals surface area contributed by atoms with Gasteiger partial charge in [-0.2, -0.15) is 0 Å². The molecule has 0 aliphatic carbocycles. The fourth-order valence-corrected chi connectivity index (χ4v) is 4.14. The van der Waals surface area contributed by atoms with Crippen molar-refractivity contribution in [2.24, 2.45) is 4.99 Å². The van der Waals surface area contributed by atoms with Gasteiger partial charge in [0.1, 0.15) is 0 Å². The number of likely N-dealkylation sites (N-methyl/N-ethyl adjacent to an activating group) is 1. The first kappa shape index (κ1) is 25.3. The van der Waals surface area contributed by atoms with Crippen LogP contribution in [0.25, 0.3) is 0 Å². The molecule has 172 valence electrons. The Bertz CT molecular complexity index is 765. The minimum absolute atomic E-state index is 0. The minimum Gasteiger partial charge on any atom is -0.355 e. The average Bonchev–Trinajstić information content (AvgIpc) is 3.22. The van der Waals surface area contributed by atoms with E-state index in [-0.39, 0.29) is 35.6 Å². The van der Waals surface area contributed by atoms with Crippen LogP contribution in [0.1, 0.15) is 32.3 Å². The highest BCUT2D eigenvalue weighted by molar-refractivity contribution is 14.0. The molecule has 2 heterocycles. The highest BCUT2D eigenvalue weighted by Crippen LogP contribution is 2.16. The predicted molar refractivity (Wildman–Crippen MR) is 132 cm³/mol. The van der Waals surface area contributed by atoms with Crippen LogP contribution in [-0.2, 0) is 11.3 Å². The molecule has 0 aromatic heterocycles. The van der Waals surface area contributed by atoms with Crippen LogP contribution in [0.15, 0.2) is 29.3 Å². The lowest BCUT2D eigenvalue weighted by Crippen LogP contribution is -2.54. The van der Waals surface area contributed by atoms with Gasteiger partial charge in [0.25, 0.3) is 5.69 Å². The van der Waals surface area contributed by atoms with Gasteiger partial charge >= 0.3 is 0 Å². The molecule has 1 aromatic carbocycles.